The maximum atomic E-state index is 17.1. The Labute approximate surface area is 334 Å². The van der Waals surface area contributed by atoms with Gasteiger partial charge in [-0.2, -0.15) is 0 Å². The van der Waals surface area contributed by atoms with Crippen LogP contribution < -0.4 is 14.8 Å². The number of fused-ring (bicyclic) bond motifs is 4. The van der Waals surface area contributed by atoms with Crippen molar-refractivity contribution in [1.82, 2.24) is 15.4 Å². The maximum Gasteiger partial charge on any atom is 0.265 e. The molecule has 4 aromatic rings. The number of benzene rings is 3. The topological polar surface area (TPSA) is 123 Å². The molecule has 2 heterocycles. The number of ether oxygens (including phenoxy) is 2. The molecule has 0 radical (unpaired) electrons. The highest BCUT2D eigenvalue weighted by Gasteiger charge is 2.67. The minimum absolute atomic E-state index is 0.0147. The van der Waals surface area contributed by atoms with Crippen molar-refractivity contribution in [3.05, 3.63) is 123 Å². The predicted molar refractivity (Wildman–Crippen MR) is 215 cm³/mol. The first-order valence-corrected chi connectivity index (χ1v) is 22.9. The molecule has 2 N–H and O–H groups in total. The third-order valence-corrected chi connectivity index (χ3v) is 17.6. The van der Waals surface area contributed by atoms with Crippen LogP contribution in [0.25, 0.3) is 0 Å². The lowest BCUT2D eigenvalue weighted by Crippen LogP contribution is -2.65. The van der Waals surface area contributed by atoms with Crippen molar-refractivity contribution in [2.75, 3.05) is 20.6 Å². The highest BCUT2D eigenvalue weighted by Crippen LogP contribution is 2.59. The molecule has 8 rings (SSSR count). The van der Waals surface area contributed by atoms with Crippen molar-refractivity contribution in [2.24, 2.45) is 11.8 Å². The van der Waals surface area contributed by atoms with Gasteiger partial charge in [0, 0.05) is 28.7 Å². The molecule has 4 aliphatic rings. The van der Waals surface area contributed by atoms with Crippen molar-refractivity contribution < 1.29 is 37.5 Å². The zero-order chi connectivity index (χ0) is 40.4. The number of nitrogens with zero attached hydrogens (tertiary/aromatic N) is 2. The van der Waals surface area contributed by atoms with Crippen LogP contribution in [0.1, 0.15) is 101 Å². The molecule has 12 heteroatoms. The van der Waals surface area contributed by atoms with Crippen molar-refractivity contribution in [2.45, 2.75) is 95.5 Å². The van der Waals surface area contributed by atoms with E-state index in [2.05, 4.69) is 36.1 Å². The number of halogens is 1. The number of aliphatic hydroxyl groups excluding tert-OH is 1. The molecule has 300 valence electrons. The second kappa shape index (κ2) is 14.6. The van der Waals surface area contributed by atoms with Gasteiger partial charge in [-0.05, 0) is 92.7 Å². The van der Waals surface area contributed by atoms with Crippen molar-refractivity contribution in [3.63, 3.8) is 0 Å². The first-order valence-electron chi connectivity index (χ1n) is 20.0. The Balaban J connectivity index is 1.30. The summed E-state index contributed by atoms with van der Waals surface area (Å²) in [6.07, 6.45) is 2.07. The summed E-state index contributed by atoms with van der Waals surface area (Å²) < 4.78 is 42.8. The third kappa shape index (κ3) is 6.45. The Bertz CT molecular complexity index is 2230. The van der Waals surface area contributed by atoms with Gasteiger partial charge in [-0.15, -0.1) is 0 Å². The number of Topliss-reactive ketones (excluding diaryl/α,β-unsaturated/α-hetero) is 2. The fourth-order valence-corrected chi connectivity index (χ4v) is 10.6. The molecule has 57 heavy (non-hydrogen) atoms. The van der Waals surface area contributed by atoms with Gasteiger partial charge >= 0.3 is 0 Å². The van der Waals surface area contributed by atoms with Crippen LogP contribution >= 0.6 is 0 Å². The summed E-state index contributed by atoms with van der Waals surface area (Å²) in [6, 6.07) is 19.9. The summed E-state index contributed by atoms with van der Waals surface area (Å²) in [4.78, 5) is 32.8. The highest BCUT2D eigenvalue weighted by molar-refractivity contribution is 6.74. The number of aliphatic hydroxyl groups is 1. The Hall–Kier alpha value is -4.62. The molecular formula is C45H52FN3O7Si. The van der Waals surface area contributed by atoms with Gasteiger partial charge in [-0.3, -0.25) is 14.5 Å². The van der Waals surface area contributed by atoms with Crippen LogP contribution in [0.3, 0.4) is 0 Å². The van der Waals surface area contributed by atoms with Crippen molar-refractivity contribution in [3.8, 4) is 11.6 Å². The van der Waals surface area contributed by atoms with Gasteiger partial charge in [0.05, 0.1) is 11.6 Å². The summed E-state index contributed by atoms with van der Waals surface area (Å²) in [5, 5.41) is 20.1. The standard InChI is InChI=1S/C45H52FN3O7Si/c1-44(2,3)57(6,7)56-45-31(38(47-4)40-36(42(45)52)43(48-55-40)54-25-27-17-12-9-13-18-27)22-28-21-30-35(39(50)34(28)41(45)51)33(53-24-26-15-10-8-11-16-26)23-29(37(30)46)32-19-14-20-49(32)5/h8-13,15-18,23,28,31-32,38,47,51H,14,19-22,24-25H2,1-7H3/t28-,31-,32?,38-,45-/m0/s1. The fraction of sp³-hybridized carbons (Fsp3) is 0.444. The Morgan fingerprint density at radius 3 is 2.26 bits per heavy atom. The predicted octanol–water partition coefficient (Wildman–Crippen LogP) is 8.84. The van der Waals surface area contributed by atoms with Crippen LogP contribution in [-0.4, -0.2) is 61.3 Å². The smallest absolute Gasteiger partial charge is 0.265 e. The molecule has 0 amide bonds. The largest absolute Gasteiger partial charge is 0.508 e. The van der Waals surface area contributed by atoms with E-state index in [0.717, 1.165) is 30.5 Å². The monoisotopic (exact) mass is 793 g/mol. The molecule has 5 atom stereocenters. The van der Waals surface area contributed by atoms with Crippen LogP contribution in [-0.2, 0) is 24.1 Å². The van der Waals surface area contributed by atoms with Gasteiger partial charge in [0.2, 0.25) is 5.78 Å². The number of carbonyl (C=O) groups is 2. The number of ketones is 2. The van der Waals surface area contributed by atoms with Gasteiger partial charge < -0.3 is 28.8 Å². The summed E-state index contributed by atoms with van der Waals surface area (Å²) in [5.74, 6) is -2.83. The number of hydrogen-bond acceptors (Lipinski definition) is 10. The molecule has 1 unspecified atom stereocenters. The SMILES string of the molecule is CN[C@@H]1c2onc(OCc3ccccc3)c2C(=O)[C@@]2(O[Si](C)(C)C(C)(C)C)C(O)=C3C(=O)c4c(OCc5ccccc5)cc(C5CCCN5C)c(F)c4C[C@H]3C[C@@H]12. The molecule has 3 aromatic carbocycles. The second-order valence-corrected chi connectivity index (χ2v) is 22.3. The molecule has 0 bridgehead atoms. The molecule has 0 saturated carbocycles. The second-order valence-electron chi connectivity index (χ2n) is 17.6. The lowest BCUT2D eigenvalue weighted by molar-refractivity contribution is -0.0314. The molecule has 3 aliphatic carbocycles. The lowest BCUT2D eigenvalue weighted by Gasteiger charge is -2.54. The van der Waals surface area contributed by atoms with Crippen molar-refractivity contribution in [1.29, 1.82) is 0 Å². The summed E-state index contributed by atoms with van der Waals surface area (Å²) in [6.45, 7) is 11.3. The summed E-state index contributed by atoms with van der Waals surface area (Å²) >= 11 is 0. The molecule has 1 aromatic heterocycles. The number of hydrogen-bond donors (Lipinski definition) is 2. The zero-order valence-corrected chi connectivity index (χ0v) is 34.8. The Morgan fingerprint density at radius 2 is 1.67 bits per heavy atom. The average molecular weight is 794 g/mol. The maximum absolute atomic E-state index is 17.1. The van der Waals surface area contributed by atoms with Crippen LogP contribution in [0.15, 0.2) is 82.6 Å². The van der Waals surface area contributed by atoms with Gasteiger partial charge in [0.1, 0.15) is 36.1 Å². The Kier molecular flexibility index (Phi) is 10.1. The van der Waals surface area contributed by atoms with Gasteiger partial charge in [-0.25, -0.2) is 4.39 Å². The van der Waals surface area contributed by atoms with Crippen LogP contribution in [0.4, 0.5) is 4.39 Å². The highest BCUT2D eigenvalue weighted by atomic mass is 28.4. The molecule has 1 fully saturated rings. The molecular weight excluding hydrogens is 742 g/mol. The van der Waals surface area contributed by atoms with E-state index < -0.39 is 54.9 Å². The van der Waals surface area contributed by atoms with Gasteiger partial charge in [0.15, 0.2) is 25.5 Å². The van der Waals surface area contributed by atoms with Crippen molar-refractivity contribution >= 4 is 19.9 Å². The quantitative estimate of drug-likeness (QED) is 0.151. The first-order chi connectivity index (χ1) is 27.2. The number of carbonyl (C=O) groups excluding carboxylic acids is 2. The van der Waals surface area contributed by atoms with Gasteiger partial charge in [0.25, 0.3) is 5.88 Å². The summed E-state index contributed by atoms with van der Waals surface area (Å²) in [7, 11) is 0.835. The first kappa shape index (κ1) is 39.2. The number of likely N-dealkylation sites (tertiary alicyclic amines) is 1. The van der Waals surface area contributed by atoms with E-state index in [4.69, 9.17) is 18.4 Å². The van der Waals surface area contributed by atoms with E-state index in [0.29, 0.717) is 5.56 Å². The minimum atomic E-state index is -2.91. The molecule has 10 nitrogen and oxygen atoms in total. The van der Waals surface area contributed by atoms with E-state index in [1.54, 1.807) is 13.1 Å². The fourth-order valence-electron chi connectivity index (χ4n) is 9.17. The average Bonchev–Trinajstić information content (AvgIpc) is 3.81. The number of aromatic nitrogens is 1. The van der Waals surface area contributed by atoms with E-state index in [1.807, 2.05) is 80.8 Å². The van der Waals surface area contributed by atoms with Crippen LogP contribution in [0, 0.1) is 17.7 Å². The Morgan fingerprint density at radius 1 is 1.02 bits per heavy atom. The van der Waals surface area contributed by atoms with Crippen LogP contribution in [0.2, 0.25) is 18.1 Å². The molecule has 1 aliphatic heterocycles. The lowest BCUT2D eigenvalue weighted by atomic mass is 9.58. The molecule has 0 spiro atoms. The normalized spacial score (nSPS) is 24.8. The van der Waals surface area contributed by atoms with E-state index >= 15 is 14.0 Å². The van der Waals surface area contributed by atoms with Crippen LogP contribution in [0.5, 0.6) is 11.6 Å². The molecule has 1 saturated heterocycles. The number of nitrogens with one attached hydrogen (secondary N) is 1. The summed E-state index contributed by atoms with van der Waals surface area (Å²) in [5.41, 5.74) is 0.752. The third-order valence-electron chi connectivity index (χ3n) is 13.2. The van der Waals surface area contributed by atoms with Gasteiger partial charge in [-0.1, -0.05) is 81.4 Å². The van der Waals surface area contributed by atoms with E-state index in [9.17, 15) is 5.11 Å². The number of rotatable bonds is 10. The van der Waals surface area contributed by atoms with E-state index in [1.165, 1.54) is 0 Å². The minimum Gasteiger partial charge on any atom is -0.508 e. The van der Waals surface area contributed by atoms with E-state index in [-0.39, 0.29) is 76.8 Å². The number of allylic oxidation sites excluding steroid dienone is 1. The zero-order valence-electron chi connectivity index (χ0n) is 33.8.